The predicted molar refractivity (Wildman–Crippen MR) is 78.8 cm³/mol. The molecule has 106 valence electrons. The van der Waals surface area contributed by atoms with Crippen molar-refractivity contribution in [2.75, 3.05) is 0 Å². The second-order valence-corrected chi connectivity index (χ2v) is 5.93. The largest absolute Gasteiger partial charge is 0.480 e. The Bertz CT molecular complexity index is 505. The maximum atomic E-state index is 12.2. The van der Waals surface area contributed by atoms with Crippen molar-refractivity contribution < 1.29 is 14.7 Å². The Balaban J connectivity index is 1.95. The zero-order chi connectivity index (χ0) is 14.5. The van der Waals surface area contributed by atoms with E-state index in [0.717, 1.165) is 10.5 Å². The van der Waals surface area contributed by atoms with Crippen molar-refractivity contribution in [3.8, 4) is 0 Å². The van der Waals surface area contributed by atoms with Gasteiger partial charge in [0.25, 0.3) is 0 Å². The van der Waals surface area contributed by atoms with E-state index in [1.165, 1.54) is 11.8 Å². The zero-order valence-electron chi connectivity index (χ0n) is 11.0. The van der Waals surface area contributed by atoms with Crippen LogP contribution in [0.4, 0.5) is 0 Å². The molecule has 1 aliphatic rings. The quantitative estimate of drug-likeness (QED) is 0.789. The van der Waals surface area contributed by atoms with Crippen molar-refractivity contribution in [1.82, 2.24) is 5.32 Å². The molecule has 0 aromatic heterocycles. The molecule has 0 bridgehead atoms. The molecule has 2 unspecified atom stereocenters. The number of amides is 1. The minimum Gasteiger partial charge on any atom is -0.480 e. The summed E-state index contributed by atoms with van der Waals surface area (Å²) in [6.07, 6.45) is 3.24. The van der Waals surface area contributed by atoms with Crippen molar-refractivity contribution in [1.29, 1.82) is 0 Å². The van der Waals surface area contributed by atoms with E-state index in [9.17, 15) is 9.59 Å². The number of allylic oxidation sites excluding steroid dienone is 1. The van der Waals surface area contributed by atoms with Crippen LogP contribution in [0.15, 0.2) is 41.8 Å². The summed E-state index contributed by atoms with van der Waals surface area (Å²) in [5.74, 6) is -1.21. The molecule has 0 fully saturated rings. The van der Waals surface area contributed by atoms with Gasteiger partial charge in [0.1, 0.15) is 6.04 Å². The SMILES string of the molecule is C=CCCC(NC(=O)C1Cc2ccccc2S1)C(=O)O. The number of benzene rings is 1. The van der Waals surface area contributed by atoms with Gasteiger partial charge in [-0.2, -0.15) is 0 Å². The summed E-state index contributed by atoms with van der Waals surface area (Å²) in [7, 11) is 0. The molecule has 20 heavy (non-hydrogen) atoms. The van der Waals surface area contributed by atoms with Gasteiger partial charge in [0, 0.05) is 4.90 Å². The van der Waals surface area contributed by atoms with Gasteiger partial charge in [-0.25, -0.2) is 4.79 Å². The van der Waals surface area contributed by atoms with Gasteiger partial charge in [0.05, 0.1) is 5.25 Å². The van der Waals surface area contributed by atoms with Gasteiger partial charge in [-0.15, -0.1) is 18.3 Å². The van der Waals surface area contributed by atoms with E-state index in [4.69, 9.17) is 5.11 Å². The summed E-state index contributed by atoms with van der Waals surface area (Å²) < 4.78 is 0. The topological polar surface area (TPSA) is 66.4 Å². The molecule has 0 saturated carbocycles. The number of carboxylic acid groups (broad SMARTS) is 1. The average Bonchev–Trinajstić information content (AvgIpc) is 2.86. The minimum atomic E-state index is -0.999. The third-order valence-corrected chi connectivity index (χ3v) is 4.53. The standard InChI is InChI=1S/C15H17NO3S/c1-2-3-7-11(15(18)19)16-14(17)13-9-10-6-4-5-8-12(10)20-13/h2,4-6,8,11,13H,1,3,7,9H2,(H,16,17)(H,18,19). The van der Waals surface area contributed by atoms with Gasteiger partial charge >= 0.3 is 5.97 Å². The Morgan fingerprint density at radius 1 is 1.50 bits per heavy atom. The lowest BCUT2D eigenvalue weighted by Gasteiger charge is -2.16. The first-order valence-electron chi connectivity index (χ1n) is 6.50. The van der Waals surface area contributed by atoms with Crippen LogP contribution in [-0.2, 0) is 16.0 Å². The normalized spacial score (nSPS) is 18.1. The highest BCUT2D eigenvalue weighted by Crippen LogP contribution is 2.36. The Hall–Kier alpha value is -1.75. The van der Waals surface area contributed by atoms with E-state index in [2.05, 4.69) is 11.9 Å². The number of carbonyl (C=O) groups is 2. The van der Waals surface area contributed by atoms with Crippen molar-refractivity contribution in [3.63, 3.8) is 0 Å². The lowest BCUT2D eigenvalue weighted by atomic mass is 10.1. The van der Waals surface area contributed by atoms with Crippen molar-refractivity contribution >= 4 is 23.6 Å². The van der Waals surface area contributed by atoms with Crippen LogP contribution in [0.3, 0.4) is 0 Å². The summed E-state index contributed by atoms with van der Waals surface area (Å²) in [6, 6.07) is 7.03. The Labute approximate surface area is 122 Å². The first kappa shape index (κ1) is 14.7. The van der Waals surface area contributed by atoms with Crippen molar-refractivity contribution in [3.05, 3.63) is 42.5 Å². The molecule has 1 aromatic rings. The summed E-state index contributed by atoms with van der Waals surface area (Å²) in [6.45, 7) is 3.57. The molecule has 2 rings (SSSR count). The van der Waals surface area contributed by atoms with Crippen LogP contribution in [0, 0.1) is 0 Å². The molecule has 0 spiro atoms. The second-order valence-electron chi connectivity index (χ2n) is 4.68. The number of hydrogen-bond acceptors (Lipinski definition) is 3. The molecule has 0 radical (unpaired) electrons. The highest BCUT2D eigenvalue weighted by Gasteiger charge is 2.30. The smallest absolute Gasteiger partial charge is 0.326 e. The van der Waals surface area contributed by atoms with Gasteiger partial charge in [-0.1, -0.05) is 24.3 Å². The van der Waals surface area contributed by atoms with Gasteiger partial charge in [0.15, 0.2) is 0 Å². The van der Waals surface area contributed by atoms with Crippen molar-refractivity contribution in [2.24, 2.45) is 0 Å². The molecule has 1 aliphatic heterocycles. The number of fused-ring (bicyclic) bond motifs is 1. The third-order valence-electron chi connectivity index (χ3n) is 3.21. The molecule has 1 aromatic carbocycles. The molecule has 1 heterocycles. The second kappa shape index (κ2) is 6.61. The molecule has 5 heteroatoms. The van der Waals surface area contributed by atoms with Crippen LogP contribution < -0.4 is 5.32 Å². The number of carbonyl (C=O) groups excluding carboxylic acids is 1. The van der Waals surface area contributed by atoms with Crippen LogP contribution in [0.1, 0.15) is 18.4 Å². The molecular weight excluding hydrogens is 274 g/mol. The fraction of sp³-hybridized carbons (Fsp3) is 0.333. The molecule has 2 N–H and O–H groups in total. The van der Waals surface area contributed by atoms with Crippen molar-refractivity contribution in [2.45, 2.75) is 35.4 Å². The van der Waals surface area contributed by atoms with E-state index in [0.29, 0.717) is 19.3 Å². The summed E-state index contributed by atoms with van der Waals surface area (Å²) in [5.41, 5.74) is 1.15. The van der Waals surface area contributed by atoms with Gasteiger partial charge < -0.3 is 10.4 Å². The molecule has 4 nitrogen and oxygen atoms in total. The fourth-order valence-corrected chi connectivity index (χ4v) is 3.34. The van der Waals surface area contributed by atoms with Gasteiger partial charge in [0.2, 0.25) is 5.91 Å². The average molecular weight is 291 g/mol. The Morgan fingerprint density at radius 3 is 2.90 bits per heavy atom. The van der Waals surface area contributed by atoms with Crippen LogP contribution in [0.2, 0.25) is 0 Å². The highest BCUT2D eigenvalue weighted by atomic mass is 32.2. The number of aliphatic carboxylic acids is 1. The van der Waals surface area contributed by atoms with E-state index in [1.54, 1.807) is 6.08 Å². The lowest BCUT2D eigenvalue weighted by molar-refractivity contribution is -0.141. The van der Waals surface area contributed by atoms with E-state index in [1.807, 2.05) is 24.3 Å². The van der Waals surface area contributed by atoms with Gasteiger partial charge in [-0.3, -0.25) is 4.79 Å². The monoisotopic (exact) mass is 291 g/mol. The Morgan fingerprint density at radius 2 is 2.25 bits per heavy atom. The fourth-order valence-electron chi connectivity index (χ4n) is 2.13. The van der Waals surface area contributed by atoms with Gasteiger partial charge in [-0.05, 0) is 30.9 Å². The number of nitrogens with one attached hydrogen (secondary N) is 1. The maximum absolute atomic E-state index is 12.2. The molecular formula is C15H17NO3S. The molecule has 1 amide bonds. The van der Waals surface area contributed by atoms with E-state index < -0.39 is 12.0 Å². The number of carboxylic acids is 1. The molecule has 0 aliphatic carbocycles. The van der Waals surface area contributed by atoms with Crippen LogP contribution in [-0.4, -0.2) is 28.3 Å². The van der Waals surface area contributed by atoms with E-state index >= 15 is 0 Å². The molecule has 2 atom stereocenters. The van der Waals surface area contributed by atoms with Crippen LogP contribution in [0.25, 0.3) is 0 Å². The summed E-state index contributed by atoms with van der Waals surface area (Å²) in [5, 5.41) is 11.5. The zero-order valence-corrected chi connectivity index (χ0v) is 11.9. The van der Waals surface area contributed by atoms with E-state index in [-0.39, 0.29) is 11.2 Å². The third kappa shape index (κ3) is 3.42. The first-order chi connectivity index (χ1) is 9.61. The first-order valence-corrected chi connectivity index (χ1v) is 7.38. The summed E-state index contributed by atoms with van der Waals surface area (Å²) in [4.78, 5) is 24.4. The maximum Gasteiger partial charge on any atom is 0.326 e. The van der Waals surface area contributed by atoms with Crippen LogP contribution >= 0.6 is 11.8 Å². The summed E-state index contributed by atoms with van der Waals surface area (Å²) >= 11 is 1.50. The minimum absolute atomic E-state index is 0.206. The Kier molecular flexibility index (Phi) is 4.84. The number of rotatable bonds is 6. The molecule has 0 saturated heterocycles. The lowest BCUT2D eigenvalue weighted by Crippen LogP contribution is -2.44. The number of thioether (sulfide) groups is 1. The predicted octanol–water partition coefficient (Wildman–Crippen LogP) is 2.24. The highest BCUT2D eigenvalue weighted by molar-refractivity contribution is 8.01. The number of hydrogen-bond donors (Lipinski definition) is 2. The van der Waals surface area contributed by atoms with Crippen LogP contribution in [0.5, 0.6) is 0 Å².